The first-order chi connectivity index (χ1) is 28.5. The van der Waals surface area contributed by atoms with Crippen LogP contribution in [0.2, 0.25) is 10.0 Å². The third-order valence-corrected chi connectivity index (χ3v) is 9.07. The molecule has 60 heavy (non-hydrogen) atoms. The highest BCUT2D eigenvalue weighted by molar-refractivity contribution is 6.33. The largest absolute Gasteiger partial charge is 0.504 e. The predicted molar refractivity (Wildman–Crippen MR) is 233 cm³/mol. The molecule has 1 aliphatic carbocycles. The Morgan fingerprint density at radius 3 is 1.48 bits per heavy atom. The minimum Gasteiger partial charge on any atom is -0.504 e. The summed E-state index contributed by atoms with van der Waals surface area (Å²) in [7, 11) is 0. The van der Waals surface area contributed by atoms with Gasteiger partial charge in [-0.3, -0.25) is 25.0 Å². The van der Waals surface area contributed by atoms with Gasteiger partial charge in [-0.15, -0.1) is 0 Å². The second-order valence-corrected chi connectivity index (χ2v) is 15.1. The zero-order chi connectivity index (χ0) is 44.2. The van der Waals surface area contributed by atoms with E-state index in [2.05, 4.69) is 21.3 Å². The van der Waals surface area contributed by atoms with E-state index in [-0.39, 0.29) is 69.3 Å². The predicted octanol–water partition coefficient (Wildman–Crippen LogP) is 10.3. The van der Waals surface area contributed by atoms with Crippen molar-refractivity contribution in [2.45, 2.75) is 78.7 Å². The number of nitrogens with one attached hydrogen (secondary N) is 4. The van der Waals surface area contributed by atoms with E-state index in [1.807, 2.05) is 81.4 Å². The highest BCUT2D eigenvalue weighted by Crippen LogP contribution is 2.37. The first kappa shape index (κ1) is 48.4. The maximum absolute atomic E-state index is 12.2. The molecule has 0 heterocycles. The topological polar surface area (TPSA) is 213 Å². The fourth-order valence-corrected chi connectivity index (χ4v) is 5.35. The molecule has 4 aromatic rings. The van der Waals surface area contributed by atoms with Crippen LogP contribution < -0.4 is 21.3 Å². The van der Waals surface area contributed by atoms with Crippen LogP contribution in [0.15, 0.2) is 84.9 Å². The van der Waals surface area contributed by atoms with Crippen LogP contribution in [0.4, 0.5) is 32.3 Å². The van der Waals surface area contributed by atoms with Gasteiger partial charge in [0.25, 0.3) is 0 Å². The van der Waals surface area contributed by atoms with E-state index in [9.17, 15) is 34.2 Å². The van der Waals surface area contributed by atoms with Crippen molar-refractivity contribution in [1.29, 1.82) is 0 Å². The Labute approximate surface area is 359 Å². The number of aryl methyl sites for hydroxylation is 2. The van der Waals surface area contributed by atoms with Crippen molar-refractivity contribution in [2.24, 2.45) is 11.8 Å². The molecule has 1 saturated carbocycles. The van der Waals surface area contributed by atoms with Crippen LogP contribution >= 0.6 is 23.2 Å². The van der Waals surface area contributed by atoms with Gasteiger partial charge in [0.15, 0.2) is 11.5 Å². The van der Waals surface area contributed by atoms with Gasteiger partial charge in [0.05, 0.1) is 33.9 Å². The fourth-order valence-electron chi connectivity index (χ4n) is 4.91. The number of halogens is 2. The summed E-state index contributed by atoms with van der Waals surface area (Å²) >= 11 is 12.0. The first-order valence-electron chi connectivity index (χ1n) is 19.4. The normalized spacial score (nSPS) is 12.0. The lowest BCUT2D eigenvalue weighted by Crippen LogP contribution is -2.20. The third-order valence-electron chi connectivity index (χ3n) is 8.49. The lowest BCUT2D eigenvalue weighted by molar-refractivity contribution is -0.138. The average molecular weight is 868 g/mol. The number of hydrogen-bond acceptors (Lipinski definition) is 9. The second kappa shape index (κ2) is 24.8. The molecule has 4 amide bonds. The molecule has 5 rings (SSSR count). The molecular formula is C44H52Cl2N4O10. The maximum Gasteiger partial charge on any atom is 0.412 e. The standard InChI is InChI=1S/2C20H23ClN2O4.C4H6O2/c1-13(2)12-27-20(26)23-17-11-15(10-16(21)19(17)25)22-18(24)9-8-14-6-4-3-5-7-14;1-3-13(2)27-20(26)23-17-12-15(11-16(21)19(17)25)22-18(24)10-9-14-7-5-4-6-8-14;5-4(6)3-1-2-3/h3-7,10-11,13,25H,8-9,12H2,1-2H3,(H,22,24)(H,23,26);4-8,11-13,25H,3,9-10H2,1-2H3,(H,22,24)(H,23,26);3H,1-2H2,(H,5,6). The summed E-state index contributed by atoms with van der Waals surface area (Å²) in [6, 6.07) is 25.0. The Morgan fingerprint density at radius 1 is 0.683 bits per heavy atom. The minimum atomic E-state index is -0.706. The second-order valence-electron chi connectivity index (χ2n) is 14.3. The summed E-state index contributed by atoms with van der Waals surface area (Å²) in [6.07, 6.45) is 2.58. The van der Waals surface area contributed by atoms with Gasteiger partial charge in [0, 0.05) is 24.2 Å². The van der Waals surface area contributed by atoms with Crippen molar-refractivity contribution in [3.8, 4) is 11.5 Å². The molecule has 16 heteroatoms. The lowest BCUT2D eigenvalue weighted by Gasteiger charge is -2.14. The Hall–Kier alpha value is -5.99. The molecule has 7 N–H and O–H groups in total. The quantitative estimate of drug-likeness (QED) is 0.0444. The molecule has 0 aromatic heterocycles. The number of aliphatic carboxylic acids is 1. The Morgan fingerprint density at radius 2 is 1.12 bits per heavy atom. The van der Waals surface area contributed by atoms with Gasteiger partial charge in [0.2, 0.25) is 11.8 Å². The van der Waals surface area contributed by atoms with Gasteiger partial charge in [0.1, 0.15) is 6.10 Å². The summed E-state index contributed by atoms with van der Waals surface area (Å²) in [5.74, 6) is -1.41. The van der Waals surface area contributed by atoms with Crippen LogP contribution in [-0.4, -0.2) is 58.0 Å². The molecule has 1 aliphatic rings. The van der Waals surface area contributed by atoms with Crippen LogP contribution in [0, 0.1) is 11.8 Å². The molecule has 4 aromatic carbocycles. The summed E-state index contributed by atoms with van der Waals surface area (Å²) in [5, 5.41) is 38.4. The molecule has 0 aliphatic heterocycles. The van der Waals surface area contributed by atoms with Crippen molar-refractivity contribution in [1.82, 2.24) is 0 Å². The van der Waals surface area contributed by atoms with E-state index < -0.39 is 18.2 Å². The van der Waals surface area contributed by atoms with E-state index in [4.69, 9.17) is 37.8 Å². The Bertz CT molecular complexity index is 2050. The summed E-state index contributed by atoms with van der Waals surface area (Å²) in [6.45, 7) is 7.71. The van der Waals surface area contributed by atoms with Crippen molar-refractivity contribution in [3.05, 3.63) is 106 Å². The van der Waals surface area contributed by atoms with Crippen LogP contribution in [0.5, 0.6) is 11.5 Å². The van der Waals surface area contributed by atoms with E-state index in [1.54, 1.807) is 6.92 Å². The Kier molecular flexibility index (Phi) is 20.0. The van der Waals surface area contributed by atoms with Gasteiger partial charge in [-0.1, -0.05) is 105 Å². The minimum absolute atomic E-state index is 0.00898. The van der Waals surface area contributed by atoms with E-state index in [0.717, 1.165) is 24.0 Å². The molecule has 0 saturated heterocycles. The van der Waals surface area contributed by atoms with Crippen LogP contribution in [0.3, 0.4) is 0 Å². The van der Waals surface area contributed by atoms with Crippen molar-refractivity contribution >= 4 is 75.9 Å². The molecule has 0 bridgehead atoms. The SMILES string of the molecule is CC(C)COC(=O)Nc1cc(NC(=O)CCc2ccccc2)cc(Cl)c1O.CCC(C)OC(=O)Nc1cc(NC(=O)CCc2ccccc2)cc(Cl)c1O.O=C(O)C1CC1. The number of benzene rings is 4. The number of aromatic hydroxyl groups is 2. The summed E-state index contributed by atoms with van der Waals surface area (Å²) < 4.78 is 10.1. The number of amides is 4. The highest BCUT2D eigenvalue weighted by Gasteiger charge is 2.28. The van der Waals surface area contributed by atoms with Crippen LogP contribution in [-0.2, 0) is 36.7 Å². The number of carboxylic acids is 1. The third kappa shape index (κ3) is 18.3. The zero-order valence-electron chi connectivity index (χ0n) is 33.9. The first-order valence-corrected chi connectivity index (χ1v) is 20.2. The molecule has 14 nitrogen and oxygen atoms in total. The molecular weight excluding hydrogens is 815 g/mol. The van der Waals surface area contributed by atoms with Crippen LogP contribution in [0.25, 0.3) is 0 Å². The van der Waals surface area contributed by atoms with Gasteiger partial charge in [-0.25, -0.2) is 9.59 Å². The molecule has 322 valence electrons. The number of phenolic OH excluding ortho intramolecular Hbond substituents is 2. The fraction of sp³-hybridized carbons (Fsp3) is 0.341. The number of rotatable bonds is 15. The van der Waals surface area contributed by atoms with Crippen molar-refractivity contribution in [3.63, 3.8) is 0 Å². The van der Waals surface area contributed by atoms with Gasteiger partial charge in [-0.2, -0.15) is 0 Å². The number of anilines is 4. The van der Waals surface area contributed by atoms with Gasteiger partial charge in [-0.05, 0) is 80.3 Å². The van der Waals surface area contributed by atoms with Crippen molar-refractivity contribution in [2.75, 3.05) is 27.9 Å². The molecule has 1 unspecified atom stereocenters. The van der Waals surface area contributed by atoms with E-state index >= 15 is 0 Å². The van der Waals surface area contributed by atoms with E-state index in [1.165, 1.54) is 24.3 Å². The number of ether oxygens (including phenoxy) is 2. The summed E-state index contributed by atoms with van der Waals surface area (Å²) in [4.78, 5) is 57.8. The van der Waals surface area contributed by atoms with Crippen molar-refractivity contribution < 1.29 is 48.8 Å². The number of carbonyl (C=O) groups excluding carboxylic acids is 4. The molecule has 1 atom stereocenters. The average Bonchev–Trinajstić information content (AvgIpc) is 4.07. The highest BCUT2D eigenvalue weighted by atomic mass is 35.5. The number of carboxylic acid groups (broad SMARTS) is 1. The molecule has 1 fully saturated rings. The van der Waals surface area contributed by atoms with Gasteiger partial charge < -0.3 is 35.4 Å². The van der Waals surface area contributed by atoms with Crippen LogP contribution in [0.1, 0.15) is 70.9 Å². The maximum atomic E-state index is 12.2. The monoisotopic (exact) mass is 866 g/mol. The smallest absolute Gasteiger partial charge is 0.412 e. The lowest BCUT2D eigenvalue weighted by atomic mass is 10.1. The Balaban J connectivity index is 0.000000280. The zero-order valence-corrected chi connectivity index (χ0v) is 35.4. The van der Waals surface area contributed by atoms with E-state index in [0.29, 0.717) is 43.5 Å². The molecule has 0 radical (unpaired) electrons. The number of hydrogen-bond donors (Lipinski definition) is 7. The van der Waals surface area contributed by atoms with Gasteiger partial charge >= 0.3 is 18.2 Å². The number of phenols is 2. The molecule has 0 spiro atoms. The number of carbonyl (C=O) groups is 5. The summed E-state index contributed by atoms with van der Waals surface area (Å²) in [5.41, 5.74) is 2.99.